The minimum absolute atomic E-state index is 0.0255. The fourth-order valence-electron chi connectivity index (χ4n) is 7.72. The molecule has 1 atom stereocenters. The Hall–Kier alpha value is -4.63. The molecular formula is C40H48N6O3. The lowest BCUT2D eigenvalue weighted by Gasteiger charge is -2.36. The van der Waals surface area contributed by atoms with Gasteiger partial charge < -0.3 is 29.1 Å². The summed E-state index contributed by atoms with van der Waals surface area (Å²) in [7, 11) is 5.46. The molecule has 9 heteroatoms. The second kappa shape index (κ2) is 14.1. The maximum Gasteiger partial charge on any atom is 0.241 e. The number of fused-ring (bicyclic) bond motifs is 1. The molecule has 0 aliphatic carbocycles. The zero-order valence-corrected chi connectivity index (χ0v) is 29.5. The molecule has 1 amide bonds. The first-order valence-electron chi connectivity index (χ1n) is 17.6. The van der Waals surface area contributed by atoms with Crippen molar-refractivity contribution in [1.82, 2.24) is 14.9 Å². The monoisotopic (exact) mass is 660 g/mol. The first-order chi connectivity index (χ1) is 23.8. The van der Waals surface area contributed by atoms with Gasteiger partial charge in [0.15, 0.2) is 0 Å². The molecule has 7 rings (SSSR count). The number of para-hydroxylation sites is 1. The lowest BCUT2D eigenvalue weighted by Crippen LogP contribution is -2.44. The van der Waals surface area contributed by atoms with Crippen LogP contribution in [0, 0.1) is 13.8 Å². The summed E-state index contributed by atoms with van der Waals surface area (Å²) in [5.41, 5.74) is 9.23. The number of amides is 1. The molecule has 0 radical (unpaired) electrons. The van der Waals surface area contributed by atoms with E-state index >= 15 is 0 Å². The summed E-state index contributed by atoms with van der Waals surface area (Å²) in [6, 6.07) is 18.8. The summed E-state index contributed by atoms with van der Waals surface area (Å²) < 4.78 is 11.4. The Kier molecular flexibility index (Phi) is 9.45. The third-order valence-electron chi connectivity index (χ3n) is 10.4. The Morgan fingerprint density at radius 1 is 0.816 bits per heavy atom. The molecule has 2 fully saturated rings. The van der Waals surface area contributed by atoms with Crippen LogP contribution in [0.5, 0.6) is 11.5 Å². The maximum atomic E-state index is 14.7. The van der Waals surface area contributed by atoms with Crippen molar-refractivity contribution in [2.24, 2.45) is 0 Å². The van der Waals surface area contributed by atoms with Crippen molar-refractivity contribution in [3.63, 3.8) is 0 Å². The number of carbonyl (C=O) groups excluding carboxylic acids is 1. The number of aryl methyl sites for hydroxylation is 2. The van der Waals surface area contributed by atoms with Gasteiger partial charge in [0, 0.05) is 86.1 Å². The number of benzene rings is 3. The summed E-state index contributed by atoms with van der Waals surface area (Å²) in [5, 5.41) is 0. The van der Waals surface area contributed by atoms with Gasteiger partial charge >= 0.3 is 0 Å². The van der Waals surface area contributed by atoms with Crippen molar-refractivity contribution in [2.45, 2.75) is 52.0 Å². The number of aromatic nitrogens is 2. The van der Waals surface area contributed by atoms with Gasteiger partial charge in [-0.1, -0.05) is 24.3 Å². The van der Waals surface area contributed by atoms with Crippen molar-refractivity contribution >= 4 is 23.0 Å². The Morgan fingerprint density at radius 2 is 1.51 bits per heavy atom. The van der Waals surface area contributed by atoms with E-state index in [0.29, 0.717) is 30.3 Å². The number of ether oxygens (including phenoxy) is 2. The summed E-state index contributed by atoms with van der Waals surface area (Å²) >= 11 is 0. The van der Waals surface area contributed by atoms with E-state index in [4.69, 9.17) is 19.4 Å². The van der Waals surface area contributed by atoms with Gasteiger partial charge in [0.2, 0.25) is 5.91 Å². The highest BCUT2D eigenvalue weighted by Gasteiger charge is 2.39. The SMILES string of the molecule is COc1ccc(C2C(=O)N(c3c(C)cccc3C)Cc3cnc(Cc4cc(N5CCCCC5)cc(N5CCN(C)CC5)c4)nc32)c(OC)c1. The molecule has 256 valence electrons. The smallest absolute Gasteiger partial charge is 0.241 e. The van der Waals surface area contributed by atoms with Gasteiger partial charge in [0.05, 0.1) is 26.5 Å². The molecule has 3 aliphatic heterocycles. The van der Waals surface area contributed by atoms with Crippen molar-refractivity contribution in [2.75, 3.05) is 75.2 Å². The van der Waals surface area contributed by atoms with Crippen LogP contribution in [0.1, 0.15) is 64.5 Å². The largest absolute Gasteiger partial charge is 0.497 e. The molecule has 3 aromatic carbocycles. The maximum absolute atomic E-state index is 14.7. The third kappa shape index (κ3) is 6.69. The predicted octanol–water partition coefficient (Wildman–Crippen LogP) is 6.12. The van der Waals surface area contributed by atoms with Gasteiger partial charge in [-0.15, -0.1) is 0 Å². The Balaban J connectivity index is 1.29. The van der Waals surface area contributed by atoms with Crippen LogP contribution in [0.2, 0.25) is 0 Å². The number of piperazine rings is 1. The topological polar surface area (TPSA) is 74.3 Å². The van der Waals surface area contributed by atoms with E-state index < -0.39 is 5.92 Å². The first kappa shape index (κ1) is 32.9. The molecule has 0 bridgehead atoms. The third-order valence-corrected chi connectivity index (χ3v) is 10.4. The van der Waals surface area contributed by atoms with Crippen molar-refractivity contribution in [3.05, 3.63) is 100 Å². The standard InChI is InChI=1S/C40H48N6O3/c1-27-10-9-11-28(2)39(27)46-26-30-25-41-36(42-38(30)37(40(46)47)34-13-12-33(48-4)24-35(34)49-5)22-29-20-31(44-14-7-6-8-15-44)23-32(21-29)45-18-16-43(3)17-19-45/h9-13,20-21,23-25,37H,6-8,14-19,22,26H2,1-5H3. The Morgan fingerprint density at radius 3 is 2.18 bits per heavy atom. The van der Waals surface area contributed by atoms with Crippen LogP contribution in [0.4, 0.5) is 17.1 Å². The molecule has 4 aromatic rings. The fourth-order valence-corrected chi connectivity index (χ4v) is 7.72. The first-order valence-corrected chi connectivity index (χ1v) is 17.6. The normalized spacial score (nSPS) is 18.4. The lowest BCUT2D eigenvalue weighted by molar-refractivity contribution is -0.119. The van der Waals surface area contributed by atoms with E-state index in [1.54, 1.807) is 14.2 Å². The van der Waals surface area contributed by atoms with Gasteiger partial charge in [0.25, 0.3) is 0 Å². The molecule has 2 saturated heterocycles. The van der Waals surface area contributed by atoms with Crippen LogP contribution in [0.15, 0.2) is 60.8 Å². The van der Waals surface area contributed by atoms with E-state index in [-0.39, 0.29) is 5.91 Å². The molecule has 1 unspecified atom stereocenters. The molecule has 0 N–H and O–H groups in total. The number of anilines is 3. The number of hydrogen-bond donors (Lipinski definition) is 0. The number of carbonyl (C=O) groups is 1. The molecule has 49 heavy (non-hydrogen) atoms. The van der Waals surface area contributed by atoms with E-state index in [9.17, 15) is 4.79 Å². The van der Waals surface area contributed by atoms with Crippen LogP contribution < -0.4 is 24.2 Å². The minimum atomic E-state index is -0.661. The van der Waals surface area contributed by atoms with E-state index in [2.05, 4.69) is 65.9 Å². The predicted molar refractivity (Wildman–Crippen MR) is 196 cm³/mol. The molecule has 4 heterocycles. The summed E-state index contributed by atoms with van der Waals surface area (Å²) in [6.45, 7) is 10.8. The number of methoxy groups -OCH3 is 2. The summed E-state index contributed by atoms with van der Waals surface area (Å²) in [4.78, 5) is 34.2. The average Bonchev–Trinajstić information content (AvgIpc) is 3.12. The van der Waals surface area contributed by atoms with Gasteiger partial charge in [-0.3, -0.25) is 4.79 Å². The molecule has 1 aromatic heterocycles. The van der Waals surface area contributed by atoms with Gasteiger partial charge in [-0.25, -0.2) is 9.97 Å². The van der Waals surface area contributed by atoms with Gasteiger partial charge in [-0.05, 0) is 81.1 Å². The van der Waals surface area contributed by atoms with Gasteiger partial charge in [0.1, 0.15) is 23.2 Å². The van der Waals surface area contributed by atoms with Crippen LogP contribution in [0.25, 0.3) is 0 Å². The molecule has 0 saturated carbocycles. The van der Waals surface area contributed by atoms with E-state index in [0.717, 1.165) is 72.9 Å². The second-order valence-electron chi connectivity index (χ2n) is 13.8. The number of rotatable bonds is 8. The van der Waals surface area contributed by atoms with Crippen molar-refractivity contribution in [1.29, 1.82) is 0 Å². The average molecular weight is 661 g/mol. The highest BCUT2D eigenvalue weighted by Crippen LogP contribution is 2.42. The Bertz CT molecular complexity index is 1810. The quantitative estimate of drug-likeness (QED) is 0.224. The van der Waals surface area contributed by atoms with Crippen LogP contribution >= 0.6 is 0 Å². The lowest BCUT2D eigenvalue weighted by atomic mass is 9.86. The van der Waals surface area contributed by atoms with Crippen LogP contribution in [-0.2, 0) is 17.8 Å². The van der Waals surface area contributed by atoms with Crippen molar-refractivity contribution < 1.29 is 14.3 Å². The Labute approximate surface area is 290 Å². The van der Waals surface area contributed by atoms with Crippen LogP contribution in [0.3, 0.4) is 0 Å². The second-order valence-corrected chi connectivity index (χ2v) is 13.8. The van der Waals surface area contributed by atoms with E-state index in [1.165, 1.54) is 36.2 Å². The highest BCUT2D eigenvalue weighted by molar-refractivity contribution is 6.03. The molecule has 9 nitrogen and oxygen atoms in total. The number of nitrogens with zero attached hydrogens (tertiary/aromatic N) is 6. The fraction of sp³-hybridized carbons (Fsp3) is 0.425. The van der Waals surface area contributed by atoms with Gasteiger partial charge in [-0.2, -0.15) is 0 Å². The molecular weight excluding hydrogens is 612 g/mol. The van der Waals surface area contributed by atoms with Crippen LogP contribution in [-0.4, -0.2) is 81.3 Å². The molecule has 0 spiro atoms. The number of likely N-dealkylation sites (N-methyl/N-ethyl adjacent to an activating group) is 1. The minimum Gasteiger partial charge on any atom is -0.497 e. The summed E-state index contributed by atoms with van der Waals surface area (Å²) in [5.74, 6) is 1.29. The molecule has 3 aliphatic rings. The zero-order chi connectivity index (χ0) is 34.1. The van der Waals surface area contributed by atoms with Crippen molar-refractivity contribution in [3.8, 4) is 11.5 Å². The number of hydrogen-bond acceptors (Lipinski definition) is 8. The number of piperidine rings is 1. The summed E-state index contributed by atoms with van der Waals surface area (Å²) in [6.07, 6.45) is 6.27. The van der Waals surface area contributed by atoms with E-state index in [1.807, 2.05) is 35.4 Å². The zero-order valence-electron chi connectivity index (χ0n) is 29.5. The highest BCUT2D eigenvalue weighted by atomic mass is 16.5.